The van der Waals surface area contributed by atoms with E-state index in [4.69, 9.17) is 0 Å². The Morgan fingerprint density at radius 2 is 2.36 bits per heavy atom. The van der Waals surface area contributed by atoms with Gasteiger partial charge in [-0.2, -0.15) is 0 Å². The maximum Gasteiger partial charge on any atom is 0.317 e. The molecule has 0 unspecified atom stereocenters. The van der Waals surface area contributed by atoms with Crippen molar-refractivity contribution >= 4 is 11.9 Å². The molecule has 2 fully saturated rings. The molecule has 2 aliphatic rings. The Kier molecular flexibility index (Phi) is 2.56. The Balaban J connectivity index is 1.76. The topological polar surface area (TPSA) is 61.4 Å². The van der Waals surface area contributed by atoms with Gasteiger partial charge in [0.2, 0.25) is 5.91 Å². The highest BCUT2D eigenvalue weighted by molar-refractivity contribution is 5.84. The van der Waals surface area contributed by atoms with E-state index in [0.29, 0.717) is 12.6 Å². The predicted octanol–water partition coefficient (Wildman–Crippen LogP) is -0.320. The zero-order valence-corrected chi connectivity index (χ0v) is 8.08. The second kappa shape index (κ2) is 3.86. The third kappa shape index (κ3) is 2.37. The van der Waals surface area contributed by atoms with Crippen LogP contribution in [0, 0.1) is 0 Å². The monoisotopic (exact) mass is 197 g/mol. The Hall–Kier alpha value is -1.26. The van der Waals surface area contributed by atoms with Gasteiger partial charge in [-0.3, -0.25) is 4.79 Å². The van der Waals surface area contributed by atoms with E-state index in [1.807, 2.05) is 0 Å². The smallest absolute Gasteiger partial charge is 0.317 e. The average molecular weight is 197 g/mol. The summed E-state index contributed by atoms with van der Waals surface area (Å²) in [6.07, 6.45) is 3.08. The number of hydrogen-bond acceptors (Lipinski definition) is 2. The van der Waals surface area contributed by atoms with Crippen LogP contribution in [0.25, 0.3) is 0 Å². The van der Waals surface area contributed by atoms with Gasteiger partial charge in [0.1, 0.15) is 6.54 Å². The van der Waals surface area contributed by atoms with Crippen molar-refractivity contribution in [3.05, 3.63) is 0 Å². The van der Waals surface area contributed by atoms with E-state index in [-0.39, 0.29) is 18.5 Å². The molecule has 1 heterocycles. The van der Waals surface area contributed by atoms with Crippen LogP contribution in [0.15, 0.2) is 0 Å². The van der Waals surface area contributed by atoms with Crippen molar-refractivity contribution in [2.45, 2.75) is 25.3 Å². The van der Waals surface area contributed by atoms with Gasteiger partial charge in [0.25, 0.3) is 0 Å². The molecule has 0 bridgehead atoms. The number of hydrogen-bond donors (Lipinski definition) is 2. The molecule has 1 aliphatic heterocycles. The molecular weight excluding hydrogens is 182 g/mol. The lowest BCUT2D eigenvalue weighted by atomic mass is 10.3. The number of carbonyl (C=O) groups is 2. The highest BCUT2D eigenvalue weighted by Gasteiger charge is 2.25. The standard InChI is InChI=1S/C9H15N3O2/c13-8(11-7-2-3-7)6-12-5-1-4-10-9(12)14/h7H,1-6H2,(H,10,14)(H,11,13). The molecule has 5 heteroatoms. The second-order valence-corrected chi connectivity index (χ2v) is 3.85. The Morgan fingerprint density at radius 3 is 3.00 bits per heavy atom. The molecule has 2 rings (SSSR count). The molecule has 1 saturated heterocycles. The summed E-state index contributed by atoms with van der Waals surface area (Å²) >= 11 is 0. The maximum atomic E-state index is 11.4. The van der Waals surface area contributed by atoms with Crippen molar-refractivity contribution in [1.82, 2.24) is 15.5 Å². The fourth-order valence-electron chi connectivity index (χ4n) is 1.50. The largest absolute Gasteiger partial charge is 0.352 e. The summed E-state index contributed by atoms with van der Waals surface area (Å²) in [5.74, 6) is -0.0375. The third-order valence-corrected chi connectivity index (χ3v) is 2.45. The van der Waals surface area contributed by atoms with E-state index >= 15 is 0 Å². The number of amides is 3. The Labute approximate surface area is 82.8 Å². The lowest BCUT2D eigenvalue weighted by molar-refractivity contribution is -0.121. The van der Waals surface area contributed by atoms with E-state index in [1.54, 1.807) is 4.90 Å². The van der Waals surface area contributed by atoms with Gasteiger partial charge in [-0.15, -0.1) is 0 Å². The molecule has 0 radical (unpaired) electrons. The van der Waals surface area contributed by atoms with Crippen LogP contribution in [0.2, 0.25) is 0 Å². The van der Waals surface area contributed by atoms with Gasteiger partial charge < -0.3 is 15.5 Å². The normalized spacial score (nSPS) is 21.7. The summed E-state index contributed by atoms with van der Waals surface area (Å²) in [6.45, 7) is 1.60. The molecule has 78 valence electrons. The Morgan fingerprint density at radius 1 is 1.57 bits per heavy atom. The molecule has 0 spiro atoms. The third-order valence-electron chi connectivity index (χ3n) is 2.45. The summed E-state index contributed by atoms with van der Waals surface area (Å²) in [5, 5.41) is 5.57. The summed E-state index contributed by atoms with van der Waals surface area (Å²) in [6, 6.07) is 0.248. The molecule has 1 aliphatic carbocycles. The molecule has 3 amide bonds. The van der Waals surface area contributed by atoms with Crippen molar-refractivity contribution in [1.29, 1.82) is 0 Å². The van der Waals surface area contributed by atoms with Crippen LogP contribution in [0.3, 0.4) is 0 Å². The molecule has 2 N–H and O–H groups in total. The van der Waals surface area contributed by atoms with E-state index in [0.717, 1.165) is 25.8 Å². The first kappa shape index (κ1) is 9.30. The summed E-state index contributed by atoms with van der Waals surface area (Å²) in [5.41, 5.74) is 0. The van der Waals surface area contributed by atoms with Gasteiger partial charge in [-0.05, 0) is 19.3 Å². The minimum absolute atomic E-state index is 0.0375. The van der Waals surface area contributed by atoms with Crippen molar-refractivity contribution in [3.63, 3.8) is 0 Å². The molecule has 14 heavy (non-hydrogen) atoms. The zero-order chi connectivity index (χ0) is 9.97. The summed E-state index contributed by atoms with van der Waals surface area (Å²) in [4.78, 5) is 24.2. The SMILES string of the molecule is O=C(CN1CCCNC1=O)NC1CC1. The molecule has 0 aromatic heterocycles. The second-order valence-electron chi connectivity index (χ2n) is 3.85. The van der Waals surface area contributed by atoms with Crippen LogP contribution in [0.5, 0.6) is 0 Å². The van der Waals surface area contributed by atoms with Crippen LogP contribution in [0.1, 0.15) is 19.3 Å². The molecular formula is C9H15N3O2. The fourth-order valence-corrected chi connectivity index (χ4v) is 1.50. The minimum Gasteiger partial charge on any atom is -0.352 e. The number of nitrogens with zero attached hydrogens (tertiary/aromatic N) is 1. The first-order valence-corrected chi connectivity index (χ1v) is 5.08. The predicted molar refractivity (Wildman–Crippen MR) is 50.8 cm³/mol. The lowest BCUT2D eigenvalue weighted by Gasteiger charge is -2.26. The lowest BCUT2D eigenvalue weighted by Crippen LogP contribution is -2.50. The number of urea groups is 1. The highest BCUT2D eigenvalue weighted by atomic mass is 16.2. The minimum atomic E-state index is -0.123. The van der Waals surface area contributed by atoms with Gasteiger partial charge in [-0.1, -0.05) is 0 Å². The first-order chi connectivity index (χ1) is 6.75. The van der Waals surface area contributed by atoms with Crippen LogP contribution < -0.4 is 10.6 Å². The van der Waals surface area contributed by atoms with Crippen LogP contribution in [0.4, 0.5) is 4.79 Å². The van der Waals surface area contributed by atoms with Crippen molar-refractivity contribution in [2.24, 2.45) is 0 Å². The Bertz CT molecular complexity index is 250. The van der Waals surface area contributed by atoms with E-state index < -0.39 is 0 Å². The quantitative estimate of drug-likeness (QED) is 0.651. The van der Waals surface area contributed by atoms with Gasteiger partial charge in [-0.25, -0.2) is 4.79 Å². The van der Waals surface area contributed by atoms with Crippen LogP contribution in [-0.4, -0.2) is 42.5 Å². The number of nitrogens with one attached hydrogen (secondary N) is 2. The molecule has 0 atom stereocenters. The van der Waals surface area contributed by atoms with E-state index in [9.17, 15) is 9.59 Å². The van der Waals surface area contributed by atoms with Crippen LogP contribution >= 0.6 is 0 Å². The summed E-state index contributed by atoms with van der Waals surface area (Å²) in [7, 11) is 0. The van der Waals surface area contributed by atoms with Crippen molar-refractivity contribution in [3.8, 4) is 0 Å². The van der Waals surface area contributed by atoms with Crippen LogP contribution in [-0.2, 0) is 4.79 Å². The first-order valence-electron chi connectivity index (χ1n) is 5.08. The van der Waals surface area contributed by atoms with Crippen molar-refractivity contribution < 1.29 is 9.59 Å². The molecule has 1 saturated carbocycles. The molecule has 0 aromatic carbocycles. The van der Waals surface area contributed by atoms with Crippen molar-refractivity contribution in [2.75, 3.05) is 19.6 Å². The summed E-state index contributed by atoms with van der Waals surface area (Å²) < 4.78 is 0. The van der Waals surface area contributed by atoms with Gasteiger partial charge in [0.15, 0.2) is 0 Å². The zero-order valence-electron chi connectivity index (χ0n) is 8.08. The maximum absolute atomic E-state index is 11.4. The fraction of sp³-hybridized carbons (Fsp3) is 0.778. The molecule has 0 aromatic rings. The van der Waals surface area contributed by atoms with E-state index in [1.165, 1.54) is 0 Å². The van der Waals surface area contributed by atoms with Gasteiger partial charge >= 0.3 is 6.03 Å². The number of rotatable bonds is 3. The number of carbonyl (C=O) groups excluding carboxylic acids is 2. The van der Waals surface area contributed by atoms with Gasteiger partial charge in [0.05, 0.1) is 0 Å². The average Bonchev–Trinajstić information content (AvgIpc) is 2.93. The van der Waals surface area contributed by atoms with Gasteiger partial charge in [0, 0.05) is 19.1 Å². The highest BCUT2D eigenvalue weighted by Crippen LogP contribution is 2.18. The van der Waals surface area contributed by atoms with E-state index in [2.05, 4.69) is 10.6 Å². The molecule has 5 nitrogen and oxygen atoms in total.